The van der Waals surface area contributed by atoms with Crippen molar-refractivity contribution in [3.63, 3.8) is 0 Å². The number of benzene rings is 2. The lowest BCUT2D eigenvalue weighted by atomic mass is 10.1. The minimum absolute atomic E-state index is 0.00951. The van der Waals surface area contributed by atoms with E-state index >= 15 is 0 Å². The number of hydrogen-bond donors (Lipinski definition) is 2. The summed E-state index contributed by atoms with van der Waals surface area (Å²) in [5, 5.41) is 30.8. The van der Waals surface area contributed by atoms with E-state index < -0.39 is 0 Å². The van der Waals surface area contributed by atoms with Gasteiger partial charge >= 0.3 is 0 Å². The molecular weight excluding hydrogens is 320 g/mol. The highest BCUT2D eigenvalue weighted by molar-refractivity contribution is 5.95. The number of aryl methyl sites for hydroxylation is 1. The number of pyridine rings is 1. The van der Waals surface area contributed by atoms with E-state index in [9.17, 15) is 5.11 Å². The van der Waals surface area contributed by atoms with Crippen molar-refractivity contribution in [3.8, 4) is 11.5 Å². The highest BCUT2D eigenvalue weighted by Gasteiger charge is 2.08. The first kappa shape index (κ1) is 16.4. The summed E-state index contributed by atoms with van der Waals surface area (Å²) in [4.78, 5) is 4.24. The van der Waals surface area contributed by atoms with Gasteiger partial charge in [-0.15, -0.1) is 10.2 Å². The molecule has 0 aliphatic rings. The third-order valence-corrected chi connectivity index (χ3v) is 3.62. The molecule has 126 valence electrons. The highest BCUT2D eigenvalue weighted by atomic mass is 16.5. The zero-order chi connectivity index (χ0) is 17.8. The van der Waals surface area contributed by atoms with E-state index in [2.05, 4.69) is 20.4 Å². The van der Waals surface area contributed by atoms with Crippen LogP contribution in [0.2, 0.25) is 0 Å². The van der Waals surface area contributed by atoms with Crippen LogP contribution in [0, 0.1) is 6.92 Å². The van der Waals surface area contributed by atoms with Crippen molar-refractivity contribution in [1.29, 1.82) is 0 Å². The lowest BCUT2D eigenvalue weighted by Gasteiger charge is -2.06. The van der Waals surface area contributed by atoms with Gasteiger partial charge in [-0.1, -0.05) is 11.2 Å². The summed E-state index contributed by atoms with van der Waals surface area (Å²) in [5.41, 5.74) is 2.97. The van der Waals surface area contributed by atoms with Gasteiger partial charge in [0.2, 0.25) is 0 Å². The fraction of sp³-hybridized carbons (Fsp3) is 0.111. The molecule has 1 aromatic heterocycles. The van der Waals surface area contributed by atoms with E-state index in [0.717, 1.165) is 5.56 Å². The number of aromatic nitrogens is 1. The number of fused-ring (bicyclic) bond motifs is 1. The molecule has 0 amide bonds. The summed E-state index contributed by atoms with van der Waals surface area (Å²) in [7, 11) is 1.58. The smallest absolute Gasteiger partial charge is 0.146 e. The maximum absolute atomic E-state index is 10.0. The zero-order valence-electron chi connectivity index (χ0n) is 13.7. The Balaban J connectivity index is 2.08. The molecule has 3 rings (SSSR count). The fourth-order valence-corrected chi connectivity index (χ4v) is 2.41. The summed E-state index contributed by atoms with van der Waals surface area (Å²) in [6, 6.07) is 12.2. The van der Waals surface area contributed by atoms with Crippen molar-refractivity contribution in [1.82, 2.24) is 4.98 Å². The quantitative estimate of drug-likeness (QED) is 0.317. The first-order valence-electron chi connectivity index (χ1n) is 7.49. The Morgan fingerprint density at radius 2 is 1.84 bits per heavy atom. The van der Waals surface area contributed by atoms with Crippen LogP contribution in [-0.4, -0.2) is 28.6 Å². The second kappa shape index (κ2) is 6.96. The van der Waals surface area contributed by atoms with E-state index in [4.69, 9.17) is 9.94 Å². The van der Waals surface area contributed by atoms with Crippen LogP contribution in [0.15, 0.2) is 57.8 Å². The summed E-state index contributed by atoms with van der Waals surface area (Å²) in [6.07, 6.45) is 1.19. The molecule has 25 heavy (non-hydrogen) atoms. The fourth-order valence-electron chi connectivity index (χ4n) is 2.41. The van der Waals surface area contributed by atoms with Crippen LogP contribution in [0.1, 0.15) is 11.3 Å². The van der Waals surface area contributed by atoms with Crippen LogP contribution in [0.25, 0.3) is 10.9 Å². The molecule has 0 saturated carbocycles. The Morgan fingerprint density at radius 3 is 2.60 bits per heavy atom. The lowest BCUT2D eigenvalue weighted by molar-refractivity contribution is 0.321. The van der Waals surface area contributed by atoms with E-state index in [1.54, 1.807) is 25.3 Å². The Kier molecular flexibility index (Phi) is 4.56. The molecule has 0 aliphatic carbocycles. The highest BCUT2D eigenvalue weighted by Crippen LogP contribution is 2.34. The monoisotopic (exact) mass is 336 g/mol. The molecule has 0 bridgehead atoms. The third kappa shape index (κ3) is 3.40. The van der Waals surface area contributed by atoms with Gasteiger partial charge < -0.3 is 15.1 Å². The molecule has 0 saturated heterocycles. The number of oxime groups is 1. The number of methoxy groups -OCH3 is 1. The van der Waals surface area contributed by atoms with Gasteiger partial charge in [0, 0.05) is 5.39 Å². The number of hydrogen-bond acceptors (Lipinski definition) is 7. The summed E-state index contributed by atoms with van der Waals surface area (Å²) < 4.78 is 5.29. The number of nitrogens with zero attached hydrogens (tertiary/aromatic N) is 4. The van der Waals surface area contributed by atoms with Gasteiger partial charge in [-0.2, -0.15) is 0 Å². The predicted octanol–water partition coefficient (Wildman–Crippen LogP) is 4.48. The Bertz CT molecular complexity index is 983. The second-order valence-corrected chi connectivity index (χ2v) is 5.36. The van der Waals surface area contributed by atoms with Crippen LogP contribution < -0.4 is 4.74 Å². The minimum atomic E-state index is 0.00951. The number of phenolic OH excluding ortho intramolecular Hbond substituents is 1. The van der Waals surface area contributed by atoms with Crippen LogP contribution in [-0.2, 0) is 0 Å². The van der Waals surface area contributed by atoms with Crippen molar-refractivity contribution >= 4 is 28.5 Å². The van der Waals surface area contributed by atoms with Crippen LogP contribution in [0.3, 0.4) is 0 Å². The number of rotatable bonds is 4. The Labute approximate surface area is 143 Å². The van der Waals surface area contributed by atoms with Crippen molar-refractivity contribution in [2.24, 2.45) is 15.4 Å². The van der Waals surface area contributed by atoms with Gasteiger partial charge in [-0.25, -0.2) is 4.98 Å². The second-order valence-electron chi connectivity index (χ2n) is 5.36. The first-order chi connectivity index (χ1) is 12.1. The summed E-state index contributed by atoms with van der Waals surface area (Å²) >= 11 is 0. The van der Waals surface area contributed by atoms with Crippen LogP contribution in [0.5, 0.6) is 11.5 Å². The molecule has 7 nitrogen and oxygen atoms in total. The molecule has 3 aromatic rings. The van der Waals surface area contributed by atoms with E-state index in [-0.39, 0.29) is 5.75 Å². The molecule has 7 heteroatoms. The average Bonchev–Trinajstić information content (AvgIpc) is 2.62. The number of ether oxygens (including phenoxy) is 1. The van der Waals surface area contributed by atoms with Gasteiger partial charge in [-0.05, 0) is 48.9 Å². The topological polar surface area (TPSA) is 99.7 Å². The summed E-state index contributed by atoms with van der Waals surface area (Å²) in [6.45, 7) is 1.96. The predicted molar refractivity (Wildman–Crippen MR) is 94.7 cm³/mol. The Morgan fingerprint density at radius 1 is 1.04 bits per heavy atom. The average molecular weight is 336 g/mol. The van der Waals surface area contributed by atoms with Crippen molar-refractivity contribution in [2.75, 3.05) is 7.11 Å². The lowest BCUT2D eigenvalue weighted by Crippen LogP contribution is -1.89. The maximum atomic E-state index is 10.0. The van der Waals surface area contributed by atoms with Gasteiger partial charge in [-0.3, -0.25) is 0 Å². The number of aromatic hydroxyl groups is 1. The largest absolute Gasteiger partial charge is 0.506 e. The van der Waals surface area contributed by atoms with E-state index in [1.807, 2.05) is 25.1 Å². The van der Waals surface area contributed by atoms with Gasteiger partial charge in [0.1, 0.15) is 22.7 Å². The molecule has 0 fully saturated rings. The number of azo groups is 1. The van der Waals surface area contributed by atoms with E-state index in [0.29, 0.717) is 33.7 Å². The van der Waals surface area contributed by atoms with Crippen LogP contribution >= 0.6 is 0 Å². The van der Waals surface area contributed by atoms with Gasteiger partial charge in [0.05, 0.1) is 24.7 Å². The number of phenols is 1. The normalized spacial score (nSPS) is 11.6. The Hall–Kier alpha value is -3.48. The molecule has 0 radical (unpaired) electrons. The molecule has 0 aliphatic heterocycles. The first-order valence-corrected chi connectivity index (χ1v) is 7.49. The summed E-state index contributed by atoms with van der Waals surface area (Å²) in [5.74, 6) is 0.632. The molecule has 0 spiro atoms. The standard InChI is InChI=1S/C18H16N4O3/c1-11-3-8-17(25-2)15(9-11)22-21-14-6-7-16(23)18-13(14)5-4-12(20-18)10-19-24/h3-10,23-24H,1-2H3/b19-10-,22-21?. The van der Waals surface area contributed by atoms with E-state index in [1.165, 1.54) is 12.3 Å². The molecule has 2 N–H and O–H groups in total. The molecular formula is C18H16N4O3. The molecule has 0 unspecified atom stereocenters. The molecule has 0 atom stereocenters. The van der Waals surface area contributed by atoms with Crippen molar-refractivity contribution < 1.29 is 15.1 Å². The van der Waals surface area contributed by atoms with Gasteiger partial charge in [0.25, 0.3) is 0 Å². The zero-order valence-corrected chi connectivity index (χ0v) is 13.7. The molecule has 1 heterocycles. The SMILES string of the molecule is COc1ccc(C)cc1N=Nc1ccc(O)c2nc(/C=N\O)ccc12. The molecule has 2 aromatic carbocycles. The van der Waals surface area contributed by atoms with Crippen LogP contribution in [0.4, 0.5) is 11.4 Å². The third-order valence-electron chi connectivity index (χ3n) is 3.62. The van der Waals surface area contributed by atoms with Crippen molar-refractivity contribution in [2.45, 2.75) is 6.92 Å². The maximum Gasteiger partial charge on any atom is 0.146 e. The van der Waals surface area contributed by atoms with Crippen molar-refractivity contribution in [3.05, 3.63) is 53.7 Å². The minimum Gasteiger partial charge on any atom is -0.506 e. The van der Waals surface area contributed by atoms with Gasteiger partial charge in [0.15, 0.2) is 0 Å².